The second kappa shape index (κ2) is 10.5. The Morgan fingerprint density at radius 1 is 0.917 bits per heavy atom. The molecule has 2 aliphatic heterocycles. The number of carbonyl (C=O) groups is 3. The molecule has 0 radical (unpaired) electrons. The topological polar surface area (TPSA) is 95.7 Å². The smallest absolute Gasteiger partial charge is 0.254 e. The van der Waals surface area contributed by atoms with Crippen molar-refractivity contribution in [1.29, 1.82) is 0 Å². The van der Waals surface area contributed by atoms with Crippen LogP contribution in [0.2, 0.25) is 0 Å². The number of primary amides is 1. The predicted octanol–water partition coefficient (Wildman–Crippen LogP) is 3.78. The zero-order valence-electron chi connectivity index (χ0n) is 20.4. The van der Waals surface area contributed by atoms with Crippen LogP contribution in [-0.4, -0.2) is 53.2 Å². The van der Waals surface area contributed by atoms with Gasteiger partial charge in [0.1, 0.15) is 0 Å². The van der Waals surface area contributed by atoms with E-state index in [1.807, 2.05) is 71.6 Å². The molecule has 2 heterocycles. The molecule has 0 saturated carbocycles. The summed E-state index contributed by atoms with van der Waals surface area (Å²) >= 11 is 0. The van der Waals surface area contributed by atoms with Crippen molar-refractivity contribution in [1.82, 2.24) is 9.80 Å². The maximum absolute atomic E-state index is 13.4. The van der Waals surface area contributed by atoms with Crippen LogP contribution in [0, 0.1) is 5.92 Å². The number of hydrogen-bond donors (Lipinski definition) is 2. The number of amides is 3. The van der Waals surface area contributed by atoms with Crippen molar-refractivity contribution in [3.05, 3.63) is 77.9 Å². The minimum absolute atomic E-state index is 0.0269. The van der Waals surface area contributed by atoms with Gasteiger partial charge in [-0.05, 0) is 66.8 Å². The summed E-state index contributed by atoms with van der Waals surface area (Å²) in [4.78, 5) is 42.2. The van der Waals surface area contributed by atoms with Crippen LogP contribution in [0.1, 0.15) is 41.6 Å². The maximum atomic E-state index is 13.4. The van der Waals surface area contributed by atoms with Crippen LogP contribution in [0.3, 0.4) is 0 Å². The highest BCUT2D eigenvalue weighted by Crippen LogP contribution is 2.25. The summed E-state index contributed by atoms with van der Waals surface area (Å²) in [5.74, 6) is -0.643. The molecule has 7 nitrogen and oxygen atoms in total. The largest absolute Gasteiger partial charge is 0.368 e. The fourth-order valence-electron chi connectivity index (χ4n) is 5.52. The molecule has 3 aromatic carbocycles. The molecule has 186 valence electrons. The van der Waals surface area contributed by atoms with Crippen molar-refractivity contribution < 1.29 is 14.4 Å². The number of nitrogens with two attached hydrogens (primary N) is 1. The summed E-state index contributed by atoms with van der Waals surface area (Å²) in [5.41, 5.74) is 7.98. The molecule has 0 aromatic heterocycles. The van der Waals surface area contributed by atoms with Gasteiger partial charge in [-0.2, -0.15) is 0 Å². The minimum Gasteiger partial charge on any atom is -0.368 e. The fraction of sp³-hybridized carbons (Fsp3) is 0.345. The number of hydrogen-bond acceptors (Lipinski definition) is 4. The van der Waals surface area contributed by atoms with E-state index in [4.69, 9.17) is 5.73 Å². The number of fused-ring (bicyclic) bond motifs is 1. The zero-order chi connectivity index (χ0) is 25.1. The average Bonchev–Trinajstić information content (AvgIpc) is 3.36. The number of carbonyl (C=O) groups excluding carboxylic acids is 3. The van der Waals surface area contributed by atoms with Crippen LogP contribution in [0.15, 0.2) is 66.7 Å². The molecule has 3 aromatic rings. The van der Waals surface area contributed by atoms with E-state index in [1.165, 1.54) is 0 Å². The van der Waals surface area contributed by atoms with E-state index in [9.17, 15) is 14.4 Å². The van der Waals surface area contributed by atoms with Crippen molar-refractivity contribution in [3.8, 4) is 0 Å². The Bertz CT molecular complexity index is 1290. The van der Waals surface area contributed by atoms with Gasteiger partial charge in [0.2, 0.25) is 11.8 Å². The van der Waals surface area contributed by atoms with Crippen molar-refractivity contribution in [2.24, 2.45) is 11.7 Å². The Morgan fingerprint density at radius 3 is 2.56 bits per heavy atom. The summed E-state index contributed by atoms with van der Waals surface area (Å²) in [5, 5.41) is 5.02. The Labute approximate surface area is 211 Å². The normalized spacial score (nSPS) is 20.4. The molecular weight excluding hydrogens is 452 g/mol. The fourth-order valence-corrected chi connectivity index (χ4v) is 5.52. The van der Waals surface area contributed by atoms with Crippen LogP contribution in [-0.2, 0) is 16.1 Å². The molecule has 2 saturated heterocycles. The van der Waals surface area contributed by atoms with E-state index >= 15 is 0 Å². The van der Waals surface area contributed by atoms with Crippen LogP contribution < -0.4 is 11.1 Å². The first kappa shape index (κ1) is 24.0. The molecule has 0 bridgehead atoms. The molecule has 2 unspecified atom stereocenters. The lowest BCUT2D eigenvalue weighted by Gasteiger charge is -2.32. The van der Waals surface area contributed by atoms with Crippen molar-refractivity contribution in [3.63, 3.8) is 0 Å². The lowest BCUT2D eigenvalue weighted by Crippen LogP contribution is -2.43. The van der Waals surface area contributed by atoms with Gasteiger partial charge in [0, 0.05) is 30.9 Å². The summed E-state index contributed by atoms with van der Waals surface area (Å²) < 4.78 is 0. The predicted molar refractivity (Wildman–Crippen MR) is 140 cm³/mol. The minimum atomic E-state index is -0.281. The molecule has 2 atom stereocenters. The lowest BCUT2D eigenvalue weighted by atomic mass is 9.95. The molecule has 7 heteroatoms. The number of rotatable bonds is 6. The number of anilines is 1. The molecule has 0 aliphatic carbocycles. The molecule has 2 fully saturated rings. The van der Waals surface area contributed by atoms with Crippen LogP contribution in [0.5, 0.6) is 0 Å². The number of piperidine rings is 1. The quantitative estimate of drug-likeness (QED) is 0.557. The van der Waals surface area contributed by atoms with Gasteiger partial charge in [0.25, 0.3) is 5.91 Å². The van der Waals surface area contributed by atoms with Gasteiger partial charge in [0.15, 0.2) is 0 Å². The second-order valence-electron chi connectivity index (χ2n) is 9.84. The summed E-state index contributed by atoms with van der Waals surface area (Å²) in [6.45, 7) is 2.51. The van der Waals surface area contributed by atoms with Gasteiger partial charge in [-0.15, -0.1) is 0 Å². The average molecular weight is 485 g/mol. The van der Waals surface area contributed by atoms with Crippen LogP contribution in [0.4, 0.5) is 5.69 Å². The number of likely N-dealkylation sites (tertiary alicyclic amines) is 2. The Kier molecular flexibility index (Phi) is 7.00. The van der Waals surface area contributed by atoms with E-state index in [-0.39, 0.29) is 29.7 Å². The molecule has 3 amide bonds. The van der Waals surface area contributed by atoms with E-state index in [1.54, 1.807) is 0 Å². The Balaban J connectivity index is 1.24. The monoisotopic (exact) mass is 484 g/mol. The van der Waals surface area contributed by atoms with Crippen LogP contribution in [0.25, 0.3) is 10.8 Å². The van der Waals surface area contributed by atoms with E-state index < -0.39 is 0 Å². The van der Waals surface area contributed by atoms with E-state index in [0.29, 0.717) is 25.2 Å². The standard InChI is InChI=1S/C29H32N4O3/c30-27(34)26-14-6-15-32(26)18-20-7-3-11-23(17-20)31-28(35)22-10-5-16-33(19-22)29(36)25-13-4-9-21-8-1-2-12-24(21)25/h1-4,7-9,11-13,17,22,26H,5-6,10,14-16,18-19H2,(H2,30,34)(H,31,35). The third kappa shape index (κ3) is 5.11. The first-order chi connectivity index (χ1) is 17.5. The number of nitrogens with one attached hydrogen (secondary N) is 1. The maximum Gasteiger partial charge on any atom is 0.254 e. The van der Waals surface area contributed by atoms with E-state index in [2.05, 4.69) is 10.2 Å². The van der Waals surface area contributed by atoms with Gasteiger partial charge in [-0.3, -0.25) is 19.3 Å². The SMILES string of the molecule is NC(=O)C1CCCN1Cc1cccc(NC(=O)C2CCCN(C(=O)c3cccc4ccccc34)C2)c1. The zero-order valence-corrected chi connectivity index (χ0v) is 20.4. The molecule has 0 spiro atoms. The highest BCUT2D eigenvalue weighted by Gasteiger charge is 2.30. The third-order valence-electron chi connectivity index (χ3n) is 7.37. The highest BCUT2D eigenvalue weighted by molar-refractivity contribution is 6.07. The molecule has 3 N–H and O–H groups in total. The van der Waals surface area contributed by atoms with Crippen molar-refractivity contribution in [2.75, 3.05) is 25.0 Å². The third-order valence-corrected chi connectivity index (χ3v) is 7.37. The number of nitrogens with zero attached hydrogens (tertiary/aromatic N) is 2. The Morgan fingerprint density at radius 2 is 1.69 bits per heavy atom. The molecule has 36 heavy (non-hydrogen) atoms. The van der Waals surface area contributed by atoms with Gasteiger partial charge >= 0.3 is 0 Å². The highest BCUT2D eigenvalue weighted by atomic mass is 16.2. The molecular formula is C29H32N4O3. The number of benzene rings is 3. The second-order valence-corrected chi connectivity index (χ2v) is 9.84. The lowest BCUT2D eigenvalue weighted by molar-refractivity contribution is -0.122. The first-order valence-electron chi connectivity index (χ1n) is 12.7. The van der Waals surface area contributed by atoms with Gasteiger partial charge < -0.3 is 16.0 Å². The van der Waals surface area contributed by atoms with Gasteiger partial charge in [0.05, 0.1) is 12.0 Å². The van der Waals surface area contributed by atoms with Crippen LogP contribution >= 0.6 is 0 Å². The summed E-state index contributed by atoms with van der Waals surface area (Å²) in [7, 11) is 0. The van der Waals surface area contributed by atoms with Gasteiger partial charge in [-0.1, -0.05) is 48.5 Å². The Hall–Kier alpha value is -3.71. The summed E-state index contributed by atoms with van der Waals surface area (Å²) in [6, 6.07) is 21.2. The van der Waals surface area contributed by atoms with E-state index in [0.717, 1.165) is 54.3 Å². The molecule has 5 rings (SSSR count). The first-order valence-corrected chi connectivity index (χ1v) is 12.7. The van der Waals surface area contributed by atoms with Crippen molar-refractivity contribution in [2.45, 2.75) is 38.3 Å². The molecule has 2 aliphatic rings. The van der Waals surface area contributed by atoms with Gasteiger partial charge in [-0.25, -0.2) is 0 Å². The van der Waals surface area contributed by atoms with Crippen molar-refractivity contribution >= 4 is 34.2 Å². The summed E-state index contributed by atoms with van der Waals surface area (Å²) in [6.07, 6.45) is 3.29.